The second kappa shape index (κ2) is 12.5. The molecule has 0 aromatic heterocycles. The molecule has 12 heteroatoms. The fourth-order valence-corrected chi connectivity index (χ4v) is 7.47. The number of benzene rings is 2. The Hall–Kier alpha value is -2.89. The highest BCUT2D eigenvalue weighted by Gasteiger charge is 2.42. The van der Waals surface area contributed by atoms with E-state index >= 15 is 0 Å². The lowest BCUT2D eigenvalue weighted by Gasteiger charge is -2.42. The van der Waals surface area contributed by atoms with Gasteiger partial charge in [0.2, 0.25) is 10.0 Å². The Kier molecular flexibility index (Phi) is 9.50. The maximum Gasteiger partial charge on any atom is 0.410 e. The molecule has 2 aliphatic rings. The zero-order valence-electron chi connectivity index (χ0n) is 23.8. The maximum atomic E-state index is 14.2. The molecule has 9 nitrogen and oxygen atoms in total. The number of piperidine rings is 1. The summed E-state index contributed by atoms with van der Waals surface area (Å²) in [6, 6.07) is 10.2. The van der Waals surface area contributed by atoms with Crippen LogP contribution in [0.4, 0.5) is 14.0 Å². The Balaban J connectivity index is 1.51. The molecule has 4 rings (SSSR count). The van der Waals surface area contributed by atoms with Crippen LogP contribution in [0, 0.1) is 5.82 Å². The van der Waals surface area contributed by atoms with Crippen LogP contribution >= 0.6 is 11.6 Å². The van der Waals surface area contributed by atoms with E-state index in [1.807, 2.05) is 6.92 Å². The van der Waals surface area contributed by atoms with Crippen LogP contribution < -0.4 is 0 Å². The number of rotatable bonds is 5. The molecule has 2 heterocycles. The van der Waals surface area contributed by atoms with Crippen LogP contribution in [0.1, 0.15) is 58.6 Å². The summed E-state index contributed by atoms with van der Waals surface area (Å²) in [4.78, 5) is 28.7. The molecule has 0 unspecified atom stereocenters. The van der Waals surface area contributed by atoms with Crippen molar-refractivity contribution in [2.45, 2.75) is 75.6 Å². The normalized spacial score (nSPS) is 22.3. The number of hydrogen-bond acceptors (Lipinski definition) is 6. The first-order chi connectivity index (χ1) is 19.3. The van der Waals surface area contributed by atoms with E-state index in [-0.39, 0.29) is 42.2 Å². The number of hydrogen-bond donors (Lipinski definition) is 0. The summed E-state index contributed by atoms with van der Waals surface area (Å²) in [7, 11) is -4.10. The zero-order chi connectivity index (χ0) is 29.9. The third-order valence-corrected chi connectivity index (χ3v) is 9.39. The van der Waals surface area contributed by atoms with Gasteiger partial charge in [-0.15, -0.1) is 0 Å². The molecule has 0 radical (unpaired) electrons. The van der Waals surface area contributed by atoms with Gasteiger partial charge in [0.25, 0.3) is 0 Å². The minimum atomic E-state index is -4.10. The third-order valence-electron chi connectivity index (χ3n) is 7.20. The first kappa shape index (κ1) is 31.1. The van der Waals surface area contributed by atoms with Gasteiger partial charge in [-0.1, -0.05) is 29.8 Å². The van der Waals surface area contributed by atoms with Crippen LogP contribution in [0.3, 0.4) is 0 Å². The Bertz CT molecular complexity index is 1370. The molecule has 0 N–H and O–H groups in total. The average molecular weight is 610 g/mol. The standard InChI is InChI=1S/C29H37ClFN3O6S/c1-20-18-32(27(35)40-29(2,3)4)14-15-33(20)28(36)39-19-24-11-7-13-26(21-8-5-10-23(31)16-21)34(24)41(37,38)25-12-6-9-22(30)17-25/h5-6,8-10,12,16-17,20,24,26H,7,11,13-15,18-19H2,1-4H3/t20-,24+,26-/m0/s1. The predicted molar refractivity (Wildman–Crippen MR) is 153 cm³/mol. The topological polar surface area (TPSA) is 96.5 Å². The highest BCUT2D eigenvalue weighted by atomic mass is 35.5. The Morgan fingerprint density at radius 1 is 1.05 bits per heavy atom. The highest BCUT2D eigenvalue weighted by Crippen LogP contribution is 2.39. The predicted octanol–water partition coefficient (Wildman–Crippen LogP) is 5.84. The Labute approximate surface area is 246 Å². The third kappa shape index (κ3) is 7.50. The fourth-order valence-electron chi connectivity index (χ4n) is 5.32. The molecule has 41 heavy (non-hydrogen) atoms. The molecule has 2 aromatic rings. The highest BCUT2D eigenvalue weighted by molar-refractivity contribution is 7.89. The lowest BCUT2D eigenvalue weighted by molar-refractivity contribution is 0.00101. The van der Waals surface area contributed by atoms with Crippen molar-refractivity contribution >= 4 is 33.8 Å². The number of ether oxygens (including phenoxy) is 2. The van der Waals surface area contributed by atoms with Crippen molar-refractivity contribution in [2.75, 3.05) is 26.2 Å². The Morgan fingerprint density at radius 2 is 1.78 bits per heavy atom. The van der Waals surface area contributed by atoms with Crippen molar-refractivity contribution in [3.8, 4) is 0 Å². The first-order valence-electron chi connectivity index (χ1n) is 13.7. The number of amides is 2. The number of piperazine rings is 1. The lowest BCUT2D eigenvalue weighted by atomic mass is 9.93. The zero-order valence-corrected chi connectivity index (χ0v) is 25.3. The summed E-state index contributed by atoms with van der Waals surface area (Å²) >= 11 is 6.12. The van der Waals surface area contributed by atoms with E-state index in [9.17, 15) is 22.4 Å². The SMILES string of the molecule is C[C@H]1CN(C(=O)OC(C)(C)C)CCN1C(=O)OC[C@H]1CCC[C@@H](c2cccc(F)c2)N1S(=O)(=O)c1cccc(Cl)c1. The van der Waals surface area contributed by atoms with Crippen molar-refractivity contribution in [3.63, 3.8) is 0 Å². The van der Waals surface area contributed by atoms with Gasteiger partial charge >= 0.3 is 12.2 Å². The number of sulfonamides is 1. The van der Waals surface area contributed by atoms with Crippen molar-refractivity contribution in [1.29, 1.82) is 0 Å². The summed E-state index contributed by atoms with van der Waals surface area (Å²) in [5, 5.41) is 0.271. The van der Waals surface area contributed by atoms with Crippen molar-refractivity contribution in [3.05, 3.63) is 64.9 Å². The molecule has 3 atom stereocenters. The van der Waals surface area contributed by atoms with Gasteiger partial charge in [-0.3, -0.25) is 0 Å². The second-order valence-corrected chi connectivity index (χ2v) is 13.8. The van der Waals surface area contributed by atoms with E-state index in [1.165, 1.54) is 33.5 Å². The summed E-state index contributed by atoms with van der Waals surface area (Å²) in [5.74, 6) is -0.462. The number of carbonyl (C=O) groups is 2. The van der Waals surface area contributed by atoms with E-state index in [1.54, 1.807) is 49.9 Å². The molecule has 0 aliphatic carbocycles. The molecule has 2 saturated heterocycles. The molecule has 2 aromatic carbocycles. The van der Waals surface area contributed by atoms with Gasteiger partial charge in [-0.2, -0.15) is 4.31 Å². The van der Waals surface area contributed by atoms with Crippen molar-refractivity contribution < 1.29 is 31.9 Å². The largest absolute Gasteiger partial charge is 0.448 e. The van der Waals surface area contributed by atoms with Crippen LogP contribution in [0.25, 0.3) is 0 Å². The molecular weight excluding hydrogens is 573 g/mol. The van der Waals surface area contributed by atoms with Gasteiger partial charge in [-0.25, -0.2) is 22.4 Å². The van der Waals surface area contributed by atoms with E-state index in [0.717, 1.165) is 0 Å². The van der Waals surface area contributed by atoms with Crippen LogP contribution in [-0.2, 0) is 19.5 Å². The van der Waals surface area contributed by atoms with Crippen LogP contribution in [0.5, 0.6) is 0 Å². The number of halogens is 2. The molecule has 0 bridgehead atoms. The van der Waals surface area contributed by atoms with Crippen molar-refractivity contribution in [2.24, 2.45) is 0 Å². The molecule has 2 aliphatic heterocycles. The van der Waals surface area contributed by atoms with E-state index in [2.05, 4.69) is 0 Å². The summed E-state index contributed by atoms with van der Waals surface area (Å²) in [6.07, 6.45) is 0.577. The molecular formula is C29H37ClFN3O6S. The molecule has 0 spiro atoms. The quantitative estimate of drug-likeness (QED) is 0.422. The Morgan fingerprint density at radius 3 is 2.44 bits per heavy atom. The minimum absolute atomic E-state index is 0.0107. The van der Waals surface area contributed by atoms with Gasteiger partial charge in [-0.05, 0) is 82.9 Å². The minimum Gasteiger partial charge on any atom is -0.448 e. The van der Waals surface area contributed by atoms with Crippen LogP contribution in [0.2, 0.25) is 5.02 Å². The molecule has 224 valence electrons. The van der Waals surface area contributed by atoms with Gasteiger partial charge in [0.1, 0.15) is 18.0 Å². The average Bonchev–Trinajstić information content (AvgIpc) is 2.90. The summed E-state index contributed by atoms with van der Waals surface area (Å²) < 4.78 is 54.7. The molecule has 2 fully saturated rings. The van der Waals surface area contributed by atoms with Gasteiger partial charge < -0.3 is 19.3 Å². The monoisotopic (exact) mass is 609 g/mol. The summed E-state index contributed by atoms with van der Waals surface area (Å²) in [5.41, 5.74) is -0.102. The van der Waals surface area contributed by atoms with Gasteiger partial charge in [0.15, 0.2) is 0 Å². The second-order valence-electron chi connectivity index (χ2n) is 11.5. The van der Waals surface area contributed by atoms with E-state index in [4.69, 9.17) is 21.1 Å². The van der Waals surface area contributed by atoms with Crippen molar-refractivity contribution in [1.82, 2.24) is 14.1 Å². The maximum absolute atomic E-state index is 14.2. The smallest absolute Gasteiger partial charge is 0.410 e. The lowest BCUT2D eigenvalue weighted by Crippen LogP contribution is -2.56. The first-order valence-corrected chi connectivity index (χ1v) is 15.5. The summed E-state index contributed by atoms with van der Waals surface area (Å²) in [6.45, 7) is 7.84. The molecule has 2 amide bonds. The van der Waals surface area contributed by atoms with E-state index in [0.29, 0.717) is 24.8 Å². The van der Waals surface area contributed by atoms with Crippen LogP contribution in [0.15, 0.2) is 53.4 Å². The van der Waals surface area contributed by atoms with E-state index < -0.39 is 45.7 Å². The number of carbonyl (C=O) groups excluding carboxylic acids is 2. The van der Waals surface area contributed by atoms with Crippen LogP contribution in [-0.4, -0.2) is 78.6 Å². The number of nitrogens with zero attached hydrogens (tertiary/aromatic N) is 3. The fraction of sp³-hybridized carbons (Fsp3) is 0.517. The van der Waals surface area contributed by atoms with Gasteiger partial charge in [0.05, 0.1) is 23.0 Å². The van der Waals surface area contributed by atoms with Gasteiger partial charge in [0, 0.05) is 24.7 Å². The molecule has 0 saturated carbocycles.